The van der Waals surface area contributed by atoms with Crippen LogP contribution in [0.25, 0.3) is 11.0 Å². The highest BCUT2D eigenvalue weighted by molar-refractivity contribution is 5.99. The fourth-order valence-electron chi connectivity index (χ4n) is 6.28. The molecule has 9 heteroatoms. The second-order valence-electron chi connectivity index (χ2n) is 10.3. The summed E-state index contributed by atoms with van der Waals surface area (Å²) in [5.74, 6) is 0.894. The van der Waals surface area contributed by atoms with E-state index < -0.39 is 0 Å². The maximum atomic E-state index is 13.4. The van der Waals surface area contributed by atoms with Crippen molar-refractivity contribution in [2.24, 2.45) is 0 Å². The molecule has 0 spiro atoms. The molecule has 188 valence electrons. The topological polar surface area (TPSA) is 105 Å². The largest absolute Gasteiger partial charge is 0.367 e. The van der Waals surface area contributed by atoms with Gasteiger partial charge in [0.2, 0.25) is 5.95 Å². The van der Waals surface area contributed by atoms with Crippen molar-refractivity contribution in [3.63, 3.8) is 0 Å². The van der Waals surface area contributed by atoms with Gasteiger partial charge in [0.05, 0.1) is 16.9 Å². The van der Waals surface area contributed by atoms with Gasteiger partial charge >= 0.3 is 0 Å². The number of nitrogens with zero attached hydrogens (tertiary/aromatic N) is 5. The van der Waals surface area contributed by atoms with Gasteiger partial charge < -0.3 is 15.5 Å². The molecule has 1 saturated heterocycles. The van der Waals surface area contributed by atoms with Crippen LogP contribution < -0.4 is 21.1 Å². The molecule has 0 atom stereocenters. The van der Waals surface area contributed by atoms with Gasteiger partial charge in [0.1, 0.15) is 11.5 Å². The second kappa shape index (κ2) is 9.28. The van der Waals surface area contributed by atoms with Gasteiger partial charge in [-0.2, -0.15) is 4.98 Å². The summed E-state index contributed by atoms with van der Waals surface area (Å²) in [7, 11) is 0. The lowest BCUT2D eigenvalue weighted by Gasteiger charge is -2.33. The van der Waals surface area contributed by atoms with Crippen LogP contribution in [0.4, 0.5) is 17.5 Å². The van der Waals surface area contributed by atoms with Crippen LogP contribution in [0.2, 0.25) is 0 Å². The Hall–Kier alpha value is -3.33. The average Bonchev–Trinajstić information content (AvgIpc) is 3.55. The zero-order valence-electron chi connectivity index (χ0n) is 21.0. The van der Waals surface area contributed by atoms with Crippen molar-refractivity contribution in [3.05, 3.63) is 45.5 Å². The Labute approximate surface area is 210 Å². The molecule has 0 bridgehead atoms. The van der Waals surface area contributed by atoms with Crippen molar-refractivity contribution in [2.45, 2.75) is 70.9 Å². The number of anilines is 3. The van der Waals surface area contributed by atoms with E-state index in [4.69, 9.17) is 9.97 Å². The van der Waals surface area contributed by atoms with E-state index >= 15 is 0 Å². The number of piperidine rings is 1. The smallest absolute Gasteiger partial charge is 0.263 e. The number of carbonyl (C=O) groups is 1. The Morgan fingerprint density at radius 1 is 1.08 bits per heavy atom. The van der Waals surface area contributed by atoms with Crippen molar-refractivity contribution in [2.75, 3.05) is 29.9 Å². The van der Waals surface area contributed by atoms with E-state index in [2.05, 4.69) is 26.6 Å². The van der Waals surface area contributed by atoms with Gasteiger partial charge in [-0.1, -0.05) is 12.8 Å². The van der Waals surface area contributed by atoms with Gasteiger partial charge in [0, 0.05) is 36.6 Å². The number of aromatic nitrogens is 4. The molecule has 5 heterocycles. The molecule has 3 aliphatic rings. The molecule has 0 radical (unpaired) electrons. The Balaban J connectivity index is 1.35. The van der Waals surface area contributed by atoms with Crippen LogP contribution >= 0.6 is 0 Å². The third-order valence-corrected chi connectivity index (χ3v) is 8.09. The number of ketones is 1. The fourth-order valence-corrected chi connectivity index (χ4v) is 6.28. The maximum Gasteiger partial charge on any atom is 0.263 e. The first kappa shape index (κ1) is 23.1. The van der Waals surface area contributed by atoms with Gasteiger partial charge in [0.15, 0.2) is 5.78 Å². The van der Waals surface area contributed by atoms with Gasteiger partial charge in [-0.05, 0) is 70.3 Å². The first-order valence-electron chi connectivity index (χ1n) is 13.2. The minimum absolute atomic E-state index is 0.0561. The molecule has 3 aromatic heterocycles. The number of nitrogens with one attached hydrogen (secondary N) is 2. The molecule has 36 heavy (non-hydrogen) atoms. The minimum atomic E-state index is -0.238. The molecule has 6 rings (SSSR count). The second-order valence-corrected chi connectivity index (χ2v) is 10.3. The predicted molar refractivity (Wildman–Crippen MR) is 141 cm³/mol. The van der Waals surface area contributed by atoms with Crippen molar-refractivity contribution < 1.29 is 4.79 Å². The molecule has 9 nitrogen and oxygen atoms in total. The van der Waals surface area contributed by atoms with E-state index in [0.717, 1.165) is 75.7 Å². The minimum Gasteiger partial charge on any atom is -0.367 e. The van der Waals surface area contributed by atoms with Crippen molar-refractivity contribution in [1.29, 1.82) is 0 Å². The van der Waals surface area contributed by atoms with Crippen LogP contribution in [0.1, 0.15) is 73.1 Å². The number of Topliss-reactive ketones (excluding diaryl/α,β-unsaturated/α-hetero) is 1. The van der Waals surface area contributed by atoms with E-state index in [9.17, 15) is 9.59 Å². The quantitative estimate of drug-likeness (QED) is 0.525. The molecule has 0 unspecified atom stereocenters. The van der Waals surface area contributed by atoms with Crippen molar-refractivity contribution in [1.82, 2.24) is 24.8 Å². The highest BCUT2D eigenvalue weighted by Crippen LogP contribution is 2.34. The summed E-state index contributed by atoms with van der Waals surface area (Å²) in [6.07, 6.45) is 8.97. The van der Waals surface area contributed by atoms with Gasteiger partial charge in [-0.3, -0.25) is 14.2 Å². The van der Waals surface area contributed by atoms with Crippen LogP contribution in [0.5, 0.6) is 0 Å². The Kier molecular flexibility index (Phi) is 5.95. The summed E-state index contributed by atoms with van der Waals surface area (Å²) in [5.41, 5.74) is 3.58. The van der Waals surface area contributed by atoms with Crippen LogP contribution in [0, 0.1) is 6.92 Å². The van der Waals surface area contributed by atoms with Gasteiger partial charge in [0.25, 0.3) is 5.56 Å². The van der Waals surface area contributed by atoms with E-state index in [1.54, 1.807) is 10.8 Å². The highest BCUT2D eigenvalue weighted by Gasteiger charge is 2.29. The molecular formula is C27H33N7O2. The number of hydrogen-bond donors (Lipinski definition) is 2. The zero-order chi connectivity index (χ0) is 24.8. The molecule has 0 amide bonds. The molecule has 2 fully saturated rings. The number of aryl methyl sites for hydroxylation is 1. The zero-order valence-corrected chi connectivity index (χ0v) is 21.0. The van der Waals surface area contributed by atoms with E-state index in [-0.39, 0.29) is 22.9 Å². The highest BCUT2D eigenvalue weighted by atomic mass is 16.1. The number of fused-ring (bicyclic) bond motifs is 2. The SMILES string of the molecule is CC(=O)c1c(C)c2cnc(Nc3ccc4c(n3)CCN4C3CCNCC3)nc2n(C2CCCC2)c1=O. The standard InChI is InChI=1S/C27H33N7O2/c1-16-20-15-29-27(32-25(20)34(19-5-3-4-6-19)26(36)24(16)17(2)35)31-23-8-7-22-21(30-23)11-14-33(22)18-9-12-28-13-10-18/h7-8,15,18-19,28H,3-6,9-14H2,1-2H3,(H,29,30,31,32). The number of pyridine rings is 2. The lowest BCUT2D eigenvalue weighted by Crippen LogP contribution is -2.42. The summed E-state index contributed by atoms with van der Waals surface area (Å²) in [4.78, 5) is 42.5. The van der Waals surface area contributed by atoms with Crippen molar-refractivity contribution >= 4 is 34.3 Å². The lowest BCUT2D eigenvalue weighted by molar-refractivity contribution is 0.101. The Morgan fingerprint density at radius 2 is 1.86 bits per heavy atom. The van der Waals surface area contributed by atoms with Crippen LogP contribution in [-0.2, 0) is 6.42 Å². The van der Waals surface area contributed by atoms with Crippen LogP contribution in [0.15, 0.2) is 23.1 Å². The summed E-state index contributed by atoms with van der Waals surface area (Å²) >= 11 is 0. The van der Waals surface area contributed by atoms with Gasteiger partial charge in [-0.15, -0.1) is 0 Å². The number of carbonyl (C=O) groups excluding carboxylic acids is 1. The van der Waals surface area contributed by atoms with Crippen LogP contribution in [-0.4, -0.2) is 51.0 Å². The van der Waals surface area contributed by atoms with Crippen molar-refractivity contribution in [3.8, 4) is 0 Å². The van der Waals surface area contributed by atoms with E-state index in [1.165, 1.54) is 12.6 Å². The molecule has 2 aliphatic heterocycles. The fraction of sp³-hybridized carbons (Fsp3) is 0.519. The van der Waals surface area contributed by atoms with Gasteiger partial charge in [-0.25, -0.2) is 9.97 Å². The maximum absolute atomic E-state index is 13.4. The average molecular weight is 488 g/mol. The van der Waals surface area contributed by atoms with Crippen LogP contribution in [0.3, 0.4) is 0 Å². The molecule has 3 aromatic rings. The molecule has 0 aromatic carbocycles. The predicted octanol–water partition coefficient (Wildman–Crippen LogP) is 3.67. The third kappa shape index (κ3) is 3.95. The summed E-state index contributed by atoms with van der Waals surface area (Å²) in [6.45, 7) is 6.42. The van der Waals surface area contributed by atoms with E-state index in [0.29, 0.717) is 29.0 Å². The third-order valence-electron chi connectivity index (χ3n) is 8.09. The normalized spacial score (nSPS) is 18.7. The first-order chi connectivity index (χ1) is 17.5. The monoisotopic (exact) mass is 487 g/mol. The number of rotatable bonds is 5. The molecule has 1 aliphatic carbocycles. The Bertz CT molecular complexity index is 1390. The molecular weight excluding hydrogens is 454 g/mol. The Morgan fingerprint density at radius 3 is 2.61 bits per heavy atom. The number of hydrogen-bond acceptors (Lipinski definition) is 8. The first-order valence-corrected chi connectivity index (χ1v) is 13.2. The summed E-state index contributed by atoms with van der Waals surface area (Å²) in [5, 5.41) is 7.46. The molecule has 1 saturated carbocycles. The lowest BCUT2D eigenvalue weighted by atomic mass is 10.0. The molecule has 2 N–H and O–H groups in total. The summed E-state index contributed by atoms with van der Waals surface area (Å²) < 4.78 is 1.74. The summed E-state index contributed by atoms with van der Waals surface area (Å²) in [6, 6.07) is 4.77. The van der Waals surface area contributed by atoms with E-state index in [1.807, 2.05) is 13.0 Å².